The van der Waals surface area contributed by atoms with E-state index >= 15 is 0 Å². The van der Waals surface area contributed by atoms with Gasteiger partial charge in [-0.2, -0.15) is 0 Å². The smallest absolute Gasteiger partial charge is 0.408 e. The molecule has 8 heteroatoms. The lowest BCUT2D eigenvalue weighted by atomic mass is 9.96. The van der Waals surface area contributed by atoms with Gasteiger partial charge in [-0.1, -0.05) is 99.3 Å². The molecule has 0 aliphatic heterocycles. The van der Waals surface area contributed by atoms with Crippen LogP contribution in [0, 0.1) is 6.92 Å². The maximum absolute atomic E-state index is 14.7. The van der Waals surface area contributed by atoms with Gasteiger partial charge < -0.3 is 25.4 Å². The van der Waals surface area contributed by atoms with E-state index in [-0.39, 0.29) is 24.0 Å². The summed E-state index contributed by atoms with van der Waals surface area (Å²) >= 11 is 0. The molecule has 3 rings (SSSR count). The number of unbranched alkanes of at least 4 members (excludes halogenated alkanes) is 4. The molecule has 8 nitrogen and oxygen atoms in total. The van der Waals surface area contributed by atoms with Gasteiger partial charge >= 0.3 is 6.09 Å². The minimum atomic E-state index is -1.02. The zero-order valence-corrected chi connectivity index (χ0v) is 27.3. The third-order valence-corrected chi connectivity index (χ3v) is 7.50. The van der Waals surface area contributed by atoms with Gasteiger partial charge in [0.2, 0.25) is 11.8 Å². The molecule has 2 unspecified atom stereocenters. The highest BCUT2D eigenvalue weighted by Crippen LogP contribution is 2.27. The van der Waals surface area contributed by atoms with E-state index in [9.17, 15) is 19.5 Å². The van der Waals surface area contributed by atoms with Crippen LogP contribution >= 0.6 is 0 Å². The van der Waals surface area contributed by atoms with Crippen LogP contribution in [0.15, 0.2) is 78.9 Å². The first-order chi connectivity index (χ1) is 21.5. The fourth-order valence-corrected chi connectivity index (χ4v) is 5.20. The monoisotopic (exact) mass is 615 g/mol. The Morgan fingerprint density at radius 3 is 2.13 bits per heavy atom. The molecule has 242 valence electrons. The van der Waals surface area contributed by atoms with Crippen molar-refractivity contribution in [1.29, 1.82) is 0 Å². The standard InChI is InChI=1S/C37H49N3O5/c1-6-7-8-9-15-24-40(33(31-19-14-13-16-27(31)2)34(42)38-26-29-17-11-10-12-18-29)35(43)32(39-36(44)45-37(3,4)5)25-28-20-22-30(41)23-21-28/h10-14,16-23,32-33,41H,6-9,15,24-26H2,1-5H3,(H,38,42)(H,39,44). The van der Waals surface area contributed by atoms with E-state index in [1.165, 1.54) is 0 Å². The number of ether oxygens (including phenoxy) is 1. The first-order valence-electron chi connectivity index (χ1n) is 15.9. The highest BCUT2D eigenvalue weighted by atomic mass is 16.6. The van der Waals surface area contributed by atoms with Gasteiger partial charge in [0.1, 0.15) is 23.4 Å². The molecule has 0 spiro atoms. The third-order valence-electron chi connectivity index (χ3n) is 7.50. The van der Waals surface area contributed by atoms with Gasteiger partial charge in [0.15, 0.2) is 0 Å². The Morgan fingerprint density at radius 2 is 1.49 bits per heavy atom. The van der Waals surface area contributed by atoms with Crippen molar-refractivity contribution in [2.75, 3.05) is 6.54 Å². The third kappa shape index (κ3) is 11.6. The molecular formula is C37H49N3O5. The van der Waals surface area contributed by atoms with Gasteiger partial charge in [0, 0.05) is 19.5 Å². The van der Waals surface area contributed by atoms with Crippen LogP contribution < -0.4 is 10.6 Å². The molecule has 3 aromatic rings. The summed E-state index contributed by atoms with van der Waals surface area (Å²) in [5, 5.41) is 15.7. The summed E-state index contributed by atoms with van der Waals surface area (Å²) in [6, 6.07) is 21.8. The van der Waals surface area contributed by atoms with Gasteiger partial charge in [-0.25, -0.2) is 4.79 Å². The highest BCUT2D eigenvalue weighted by Gasteiger charge is 2.36. The van der Waals surface area contributed by atoms with Crippen molar-refractivity contribution in [1.82, 2.24) is 15.5 Å². The predicted molar refractivity (Wildman–Crippen MR) is 178 cm³/mol. The lowest BCUT2D eigenvalue weighted by molar-refractivity contribution is -0.142. The minimum Gasteiger partial charge on any atom is -0.508 e. The highest BCUT2D eigenvalue weighted by molar-refractivity contribution is 5.92. The largest absolute Gasteiger partial charge is 0.508 e. The zero-order chi connectivity index (χ0) is 32.8. The predicted octanol–water partition coefficient (Wildman–Crippen LogP) is 6.99. The topological polar surface area (TPSA) is 108 Å². The average Bonchev–Trinajstić information content (AvgIpc) is 3.00. The fourth-order valence-electron chi connectivity index (χ4n) is 5.20. The molecule has 0 saturated heterocycles. The Bertz CT molecular complexity index is 1370. The van der Waals surface area contributed by atoms with Crippen LogP contribution in [0.4, 0.5) is 4.79 Å². The Hall–Kier alpha value is -4.33. The van der Waals surface area contributed by atoms with Crippen molar-refractivity contribution < 1.29 is 24.2 Å². The summed E-state index contributed by atoms with van der Waals surface area (Å²) in [4.78, 5) is 43.5. The number of phenolic OH excluding ortho intramolecular Hbond substituents is 1. The molecule has 0 aliphatic rings. The van der Waals surface area contributed by atoms with Crippen LogP contribution in [0.2, 0.25) is 0 Å². The van der Waals surface area contributed by atoms with Crippen molar-refractivity contribution in [3.63, 3.8) is 0 Å². The Balaban J connectivity index is 2.03. The molecule has 0 heterocycles. The van der Waals surface area contributed by atoms with Crippen LogP contribution in [0.25, 0.3) is 0 Å². The molecule has 0 saturated carbocycles. The zero-order valence-electron chi connectivity index (χ0n) is 27.3. The van der Waals surface area contributed by atoms with E-state index in [0.29, 0.717) is 19.5 Å². The van der Waals surface area contributed by atoms with Crippen molar-refractivity contribution >= 4 is 17.9 Å². The average molecular weight is 616 g/mol. The van der Waals surface area contributed by atoms with E-state index in [1.54, 1.807) is 49.9 Å². The fraction of sp³-hybridized carbons (Fsp3) is 0.432. The number of phenols is 1. The number of carbonyl (C=O) groups excluding carboxylic acids is 3. The van der Waals surface area contributed by atoms with Crippen LogP contribution in [0.1, 0.15) is 88.1 Å². The molecule has 3 N–H and O–H groups in total. The maximum Gasteiger partial charge on any atom is 0.408 e. The molecule has 2 atom stereocenters. The summed E-state index contributed by atoms with van der Waals surface area (Å²) in [5.74, 6) is -0.576. The van der Waals surface area contributed by atoms with E-state index in [2.05, 4.69) is 17.6 Å². The van der Waals surface area contributed by atoms with Crippen molar-refractivity contribution in [3.05, 3.63) is 101 Å². The second-order valence-electron chi connectivity index (χ2n) is 12.5. The number of aromatic hydroxyl groups is 1. The number of hydrogen-bond donors (Lipinski definition) is 3. The van der Waals surface area contributed by atoms with Crippen LogP contribution in [-0.2, 0) is 27.3 Å². The quantitative estimate of drug-likeness (QED) is 0.160. The second kappa shape index (κ2) is 17.2. The molecule has 45 heavy (non-hydrogen) atoms. The molecule has 3 aromatic carbocycles. The second-order valence-corrected chi connectivity index (χ2v) is 12.5. The van der Waals surface area contributed by atoms with Gasteiger partial charge in [-0.3, -0.25) is 9.59 Å². The van der Waals surface area contributed by atoms with Crippen molar-refractivity contribution in [2.24, 2.45) is 0 Å². The van der Waals surface area contributed by atoms with E-state index in [4.69, 9.17) is 4.74 Å². The summed E-state index contributed by atoms with van der Waals surface area (Å²) < 4.78 is 5.54. The first kappa shape index (κ1) is 35.2. The molecule has 0 aliphatic carbocycles. The van der Waals surface area contributed by atoms with E-state index in [0.717, 1.165) is 47.9 Å². The van der Waals surface area contributed by atoms with E-state index < -0.39 is 23.8 Å². The Morgan fingerprint density at radius 1 is 0.844 bits per heavy atom. The summed E-state index contributed by atoms with van der Waals surface area (Å²) in [5.41, 5.74) is 2.53. The SMILES string of the molecule is CCCCCCCN(C(=O)C(Cc1ccc(O)cc1)NC(=O)OC(C)(C)C)C(C(=O)NCc1ccccc1)c1ccccc1C. The number of carbonyl (C=O) groups is 3. The van der Waals surface area contributed by atoms with Gasteiger partial charge in [-0.05, 0) is 68.5 Å². The van der Waals surface area contributed by atoms with Crippen molar-refractivity contribution in [3.8, 4) is 5.75 Å². The van der Waals surface area contributed by atoms with Gasteiger partial charge in [0.05, 0.1) is 0 Å². The summed E-state index contributed by atoms with van der Waals surface area (Å²) in [6.07, 6.45) is 4.26. The number of rotatable bonds is 15. The minimum absolute atomic E-state index is 0.102. The van der Waals surface area contributed by atoms with Crippen LogP contribution in [0.5, 0.6) is 5.75 Å². The van der Waals surface area contributed by atoms with E-state index in [1.807, 2.05) is 61.5 Å². The molecule has 3 amide bonds. The number of nitrogens with zero attached hydrogens (tertiary/aromatic N) is 1. The molecule has 0 bridgehead atoms. The number of alkyl carbamates (subject to hydrolysis) is 1. The van der Waals surface area contributed by atoms with Crippen LogP contribution in [-0.4, -0.2) is 46.1 Å². The van der Waals surface area contributed by atoms with Gasteiger partial charge in [0.25, 0.3) is 0 Å². The van der Waals surface area contributed by atoms with Gasteiger partial charge in [-0.15, -0.1) is 0 Å². The normalized spacial score (nSPS) is 12.6. The first-order valence-corrected chi connectivity index (χ1v) is 15.9. The van der Waals surface area contributed by atoms with Crippen LogP contribution in [0.3, 0.4) is 0 Å². The summed E-state index contributed by atoms with van der Waals surface area (Å²) in [7, 11) is 0. The Kier molecular flexibility index (Phi) is 13.5. The molecule has 0 aromatic heterocycles. The number of hydrogen-bond acceptors (Lipinski definition) is 5. The van der Waals surface area contributed by atoms with Crippen molar-refractivity contribution in [2.45, 2.75) is 97.4 Å². The lowest BCUT2D eigenvalue weighted by Crippen LogP contribution is -2.54. The lowest BCUT2D eigenvalue weighted by Gasteiger charge is -2.35. The Labute approximate surface area is 268 Å². The molecule has 0 radical (unpaired) electrons. The number of amides is 3. The molecule has 0 fully saturated rings. The number of benzene rings is 3. The number of nitrogens with one attached hydrogen (secondary N) is 2. The summed E-state index contributed by atoms with van der Waals surface area (Å²) in [6.45, 7) is 10.0. The maximum atomic E-state index is 14.7. The number of aryl methyl sites for hydroxylation is 1. The molecular weight excluding hydrogens is 566 g/mol.